The summed E-state index contributed by atoms with van der Waals surface area (Å²) in [7, 11) is 0. The van der Waals surface area contributed by atoms with Crippen molar-refractivity contribution in [3.8, 4) is 0 Å². The van der Waals surface area contributed by atoms with Crippen LogP contribution in [0.25, 0.3) is 0 Å². The van der Waals surface area contributed by atoms with Crippen LogP contribution in [-0.2, 0) is 17.4 Å². The van der Waals surface area contributed by atoms with Crippen LogP contribution in [0.15, 0.2) is 0 Å². The summed E-state index contributed by atoms with van der Waals surface area (Å²) in [4.78, 5) is 0. The molecule has 5 heteroatoms. The van der Waals surface area contributed by atoms with E-state index in [0.717, 1.165) is 0 Å². The van der Waals surface area contributed by atoms with Gasteiger partial charge in [-0.05, 0) is 0 Å². The summed E-state index contributed by atoms with van der Waals surface area (Å²) in [6, 6.07) is 0. The minimum atomic E-state index is 0. The fraction of sp³-hybridized carbons (Fsp3) is 0. The third-order valence-corrected chi connectivity index (χ3v) is 0. The van der Waals surface area contributed by atoms with Gasteiger partial charge in [0.05, 0.1) is 0 Å². The summed E-state index contributed by atoms with van der Waals surface area (Å²) < 4.78 is 0. The third kappa shape index (κ3) is 34.3. The molecule has 6 N–H and O–H groups in total. The van der Waals surface area contributed by atoms with Crippen molar-refractivity contribution in [2.24, 2.45) is 0 Å². The van der Waals surface area contributed by atoms with Gasteiger partial charge < -0.3 is 16.4 Å². The van der Waals surface area contributed by atoms with Gasteiger partial charge in [-0.1, -0.05) is 0 Å². The first-order valence-electron chi connectivity index (χ1n) is 0. The fourth-order valence-electron chi connectivity index (χ4n) is 0. The maximum absolute atomic E-state index is 0. The summed E-state index contributed by atoms with van der Waals surface area (Å²) in [6.07, 6.45) is 0. The van der Waals surface area contributed by atoms with Gasteiger partial charge in [0.1, 0.15) is 0 Å². The molecule has 0 aromatic heterocycles. The van der Waals surface area contributed by atoms with Crippen LogP contribution in [0.1, 0.15) is 0 Å². The van der Waals surface area contributed by atoms with E-state index in [-0.39, 0.29) is 60.0 Å². The maximum atomic E-state index is 0. The quantitative estimate of drug-likeness (QED) is 0.430. The van der Waals surface area contributed by atoms with Crippen LogP contribution < -0.4 is 0 Å². The summed E-state index contributed by atoms with van der Waals surface area (Å²) in [6.45, 7) is 0. The van der Waals surface area contributed by atoms with E-state index in [0.29, 0.717) is 0 Å². The van der Waals surface area contributed by atoms with Gasteiger partial charge in [-0.2, -0.15) is 0 Å². The predicted octanol–water partition coefficient (Wildman–Crippen LogP) is -2.86. The Morgan fingerprint density at radius 1 is 0.600 bits per heavy atom. The Morgan fingerprint density at radius 2 is 0.600 bits per heavy atom. The van der Waals surface area contributed by atoms with Gasteiger partial charge in [0.15, 0.2) is 0 Å². The monoisotopic (exact) mass is 315 g/mol. The number of hydrogen-bond donors (Lipinski definition) is 0. The van der Waals surface area contributed by atoms with E-state index in [1.165, 1.54) is 0 Å². The average molecular weight is 315 g/mol. The van der Waals surface area contributed by atoms with Gasteiger partial charge >= 0.3 is 0 Å². The minimum Gasteiger partial charge on any atom is -0.412 e. The average Bonchev–Trinajstić information content (AvgIpc) is 0. The molecule has 35 valence electrons. The van der Waals surface area contributed by atoms with Crippen molar-refractivity contribution < 1.29 is 33.8 Å². The SMILES string of the molecule is O.O.O.[Bi].[Cr]. The Bertz CT molecular complexity index is 6.85. The molecule has 0 saturated carbocycles. The van der Waals surface area contributed by atoms with Crippen LogP contribution in [0.3, 0.4) is 0 Å². The Morgan fingerprint density at radius 3 is 0.600 bits per heavy atom. The van der Waals surface area contributed by atoms with Crippen molar-refractivity contribution in [3.05, 3.63) is 0 Å². The maximum Gasteiger partial charge on any atom is 0 e. The summed E-state index contributed by atoms with van der Waals surface area (Å²) in [5.41, 5.74) is 0. The number of hydrogen-bond acceptors (Lipinski definition) is 0. The van der Waals surface area contributed by atoms with Crippen molar-refractivity contribution in [2.45, 2.75) is 0 Å². The van der Waals surface area contributed by atoms with Gasteiger partial charge in [0, 0.05) is 43.6 Å². The molecule has 0 amide bonds. The van der Waals surface area contributed by atoms with Crippen molar-refractivity contribution in [1.82, 2.24) is 0 Å². The first kappa shape index (κ1) is 105. The molecule has 0 aliphatic rings. The van der Waals surface area contributed by atoms with Crippen LogP contribution in [-0.4, -0.2) is 42.6 Å². The summed E-state index contributed by atoms with van der Waals surface area (Å²) >= 11 is 0. The fourth-order valence-corrected chi connectivity index (χ4v) is 0. The second-order valence-corrected chi connectivity index (χ2v) is 0. The van der Waals surface area contributed by atoms with E-state index in [4.69, 9.17) is 0 Å². The van der Waals surface area contributed by atoms with E-state index in [2.05, 4.69) is 0 Å². The van der Waals surface area contributed by atoms with Gasteiger partial charge in [0.2, 0.25) is 0 Å². The van der Waals surface area contributed by atoms with Gasteiger partial charge in [-0.25, -0.2) is 0 Å². The van der Waals surface area contributed by atoms with Crippen LogP contribution >= 0.6 is 0 Å². The molecule has 0 atom stereocenters. The molecule has 0 rings (SSSR count). The molecule has 0 aliphatic heterocycles. The molecule has 0 unspecified atom stereocenters. The third-order valence-electron chi connectivity index (χ3n) is 0. The van der Waals surface area contributed by atoms with Gasteiger partial charge in [-0.15, -0.1) is 0 Å². The zero-order chi connectivity index (χ0) is 0. The summed E-state index contributed by atoms with van der Waals surface area (Å²) in [5.74, 6) is 0. The first-order valence-corrected chi connectivity index (χ1v) is 0. The first-order chi connectivity index (χ1) is 0. The molecule has 0 heterocycles. The van der Waals surface area contributed by atoms with Crippen LogP contribution in [0.2, 0.25) is 0 Å². The van der Waals surface area contributed by atoms with Crippen molar-refractivity contribution in [1.29, 1.82) is 0 Å². The Labute approximate surface area is 59.9 Å². The van der Waals surface area contributed by atoms with E-state index < -0.39 is 0 Å². The minimum absolute atomic E-state index is 0. The van der Waals surface area contributed by atoms with Gasteiger partial charge in [-0.3, -0.25) is 0 Å². The smallest absolute Gasteiger partial charge is 0 e. The van der Waals surface area contributed by atoms with E-state index >= 15 is 0 Å². The van der Waals surface area contributed by atoms with E-state index in [1.807, 2.05) is 0 Å². The molecule has 3 radical (unpaired) electrons. The molecule has 0 bridgehead atoms. The van der Waals surface area contributed by atoms with Crippen LogP contribution in [0.5, 0.6) is 0 Å². The molecule has 0 spiro atoms. The summed E-state index contributed by atoms with van der Waals surface area (Å²) in [5, 5.41) is 0. The van der Waals surface area contributed by atoms with Crippen molar-refractivity contribution >= 4 is 26.2 Å². The Hall–Kier alpha value is 1.30. The van der Waals surface area contributed by atoms with E-state index in [1.54, 1.807) is 0 Å². The normalized spacial score (nSPS) is 0. The standard InChI is InChI=1S/Bi.Cr.3H2O/h;;3*1H2. The second-order valence-electron chi connectivity index (χ2n) is 0. The molecule has 0 aromatic rings. The molecule has 3 nitrogen and oxygen atoms in total. The largest absolute Gasteiger partial charge is 0.412 e. The molecule has 5 heavy (non-hydrogen) atoms. The van der Waals surface area contributed by atoms with Crippen LogP contribution in [0.4, 0.5) is 0 Å². The van der Waals surface area contributed by atoms with E-state index in [9.17, 15) is 0 Å². The number of rotatable bonds is 0. The Balaban J connectivity index is 0. The molecule has 0 aliphatic carbocycles. The molecule has 0 fully saturated rings. The molecule has 0 saturated heterocycles. The van der Waals surface area contributed by atoms with Gasteiger partial charge in [0.25, 0.3) is 0 Å². The van der Waals surface area contributed by atoms with Crippen molar-refractivity contribution in [3.63, 3.8) is 0 Å². The molecule has 0 aromatic carbocycles. The zero-order valence-electron chi connectivity index (χ0n) is 2.36. The Kier molecular flexibility index (Phi) is 1220. The molecular formula is H6BiCrO3. The second kappa shape index (κ2) is 58.2. The van der Waals surface area contributed by atoms with Crippen LogP contribution in [0, 0.1) is 0 Å². The van der Waals surface area contributed by atoms with Crippen molar-refractivity contribution in [2.75, 3.05) is 0 Å². The molecular weight excluding hydrogens is 309 g/mol. The topological polar surface area (TPSA) is 94.5 Å². The zero-order valence-corrected chi connectivity index (χ0v) is 7.11. The predicted molar refractivity (Wildman–Crippen MR) is 16.6 cm³/mol.